The molecule has 1 aliphatic heterocycles. The summed E-state index contributed by atoms with van der Waals surface area (Å²) in [5.41, 5.74) is 5.65. The highest BCUT2D eigenvalue weighted by Crippen LogP contribution is 2.38. The predicted molar refractivity (Wildman–Crippen MR) is 90.2 cm³/mol. The highest BCUT2D eigenvalue weighted by molar-refractivity contribution is 8.09. The second kappa shape index (κ2) is 7.61. The molecule has 2 heterocycles. The quantitative estimate of drug-likeness (QED) is 0.362. The van der Waals surface area contributed by atoms with Gasteiger partial charge in [0, 0.05) is 26.3 Å². The summed E-state index contributed by atoms with van der Waals surface area (Å²) in [5.74, 6) is 0.756. The van der Waals surface area contributed by atoms with E-state index < -0.39 is 18.8 Å². The topological polar surface area (TPSA) is 127 Å². The molecule has 4 N–H and O–H groups in total. The van der Waals surface area contributed by atoms with Gasteiger partial charge in [-0.2, -0.15) is 0 Å². The summed E-state index contributed by atoms with van der Waals surface area (Å²) in [6, 6.07) is 1.56. The fourth-order valence-electron chi connectivity index (χ4n) is 2.28. The van der Waals surface area contributed by atoms with Crippen molar-refractivity contribution in [3.05, 3.63) is 12.4 Å². The molecule has 1 saturated heterocycles. The molecule has 9 nitrogen and oxygen atoms in total. The fraction of sp³-hybridized carbons (Fsp3) is 0.583. The first kappa shape index (κ1) is 18.2. The minimum Gasteiger partial charge on any atom is -0.384 e. The number of aromatic nitrogens is 2. The molecule has 11 heteroatoms. The van der Waals surface area contributed by atoms with E-state index >= 15 is 0 Å². The number of nitrogens with zero attached hydrogens (tertiary/aromatic N) is 3. The molecule has 1 aromatic rings. The minimum absolute atomic E-state index is 0.122. The number of hydrogen-bond acceptors (Lipinski definition) is 8. The minimum atomic E-state index is -2.77. The van der Waals surface area contributed by atoms with Crippen LogP contribution in [0.3, 0.4) is 0 Å². The van der Waals surface area contributed by atoms with Crippen LogP contribution in [0.4, 0.5) is 11.6 Å². The van der Waals surface area contributed by atoms with Crippen molar-refractivity contribution in [1.82, 2.24) is 9.97 Å². The van der Waals surface area contributed by atoms with Gasteiger partial charge in [0.25, 0.3) is 0 Å². The Bertz CT molecular complexity index is 601. The van der Waals surface area contributed by atoms with Crippen LogP contribution in [0.5, 0.6) is 0 Å². The highest BCUT2D eigenvalue weighted by atomic mass is 32.5. The first-order chi connectivity index (χ1) is 10.8. The van der Waals surface area contributed by atoms with Gasteiger partial charge >= 0.3 is 0 Å². The number of anilines is 2. The molecular formula is C12H20N5O4PS. The van der Waals surface area contributed by atoms with Crippen molar-refractivity contribution in [3.63, 3.8) is 0 Å². The molecule has 1 fully saturated rings. The zero-order chi connectivity index (χ0) is 17.0. The Labute approximate surface area is 139 Å². The normalized spacial score (nSPS) is 26.7. The number of nitrogens with two attached hydrogens (primary N) is 1. The lowest BCUT2D eigenvalue weighted by Crippen LogP contribution is -2.35. The van der Waals surface area contributed by atoms with Crippen LogP contribution >= 0.6 is 6.49 Å². The van der Waals surface area contributed by atoms with E-state index in [4.69, 9.17) is 36.9 Å². The maximum Gasteiger partial charge on any atom is 0.183 e. The molecule has 0 amide bonds. The molecule has 128 valence electrons. The third-order valence-electron chi connectivity index (χ3n) is 3.35. The first-order valence-corrected chi connectivity index (χ1v) is 9.95. The number of rotatable bonds is 7. The van der Waals surface area contributed by atoms with Gasteiger partial charge in [-0.1, -0.05) is 0 Å². The van der Waals surface area contributed by atoms with Crippen LogP contribution in [0.15, 0.2) is 12.4 Å². The fourth-order valence-corrected chi connectivity index (χ4v) is 2.89. The lowest BCUT2D eigenvalue weighted by atomic mass is 10.2. The van der Waals surface area contributed by atoms with Crippen LogP contribution in [0.2, 0.25) is 0 Å². The maximum atomic E-state index is 9.60. The van der Waals surface area contributed by atoms with E-state index in [0.29, 0.717) is 18.1 Å². The van der Waals surface area contributed by atoms with E-state index in [1.165, 1.54) is 17.9 Å². The number of ether oxygens (including phenoxy) is 2. The van der Waals surface area contributed by atoms with Crippen LogP contribution in [0.1, 0.15) is 6.42 Å². The van der Waals surface area contributed by atoms with Crippen molar-refractivity contribution < 1.29 is 18.9 Å². The van der Waals surface area contributed by atoms with Crippen LogP contribution < -0.4 is 10.6 Å². The summed E-state index contributed by atoms with van der Waals surface area (Å²) < 4.78 is 16.6. The Hall–Kier alpha value is -1.16. The molecule has 1 unspecified atom stereocenters. The van der Waals surface area contributed by atoms with Gasteiger partial charge in [0.2, 0.25) is 0 Å². The van der Waals surface area contributed by atoms with Gasteiger partial charge in [-0.15, -0.1) is 0 Å². The number of nitrogens with one attached hydrogen (secondary N) is 1. The van der Waals surface area contributed by atoms with Crippen molar-refractivity contribution in [2.45, 2.75) is 24.9 Å². The zero-order valence-corrected chi connectivity index (χ0v) is 14.5. The molecule has 1 aromatic heterocycles. The summed E-state index contributed by atoms with van der Waals surface area (Å²) in [6.07, 6.45) is 1.82. The number of methoxy groups -OCH3 is 1. The molecule has 0 spiro atoms. The van der Waals surface area contributed by atoms with Gasteiger partial charge in [-0.3, -0.25) is 10.3 Å². The largest absolute Gasteiger partial charge is 0.384 e. The van der Waals surface area contributed by atoms with E-state index in [9.17, 15) is 4.89 Å². The van der Waals surface area contributed by atoms with Gasteiger partial charge in [-0.25, -0.2) is 9.97 Å². The second-order valence-corrected chi connectivity index (χ2v) is 8.97. The summed E-state index contributed by atoms with van der Waals surface area (Å²) in [7, 11) is 1.57. The Morgan fingerprint density at radius 2 is 2.39 bits per heavy atom. The van der Waals surface area contributed by atoms with Crippen LogP contribution in [0, 0.1) is 5.41 Å². The number of hydrogen-bond donors (Lipinski definition) is 3. The van der Waals surface area contributed by atoms with Crippen molar-refractivity contribution in [3.8, 4) is 0 Å². The molecule has 0 bridgehead atoms. The van der Waals surface area contributed by atoms with E-state index in [-0.39, 0.29) is 12.7 Å². The van der Waals surface area contributed by atoms with Crippen LogP contribution in [-0.2, 0) is 25.8 Å². The highest BCUT2D eigenvalue weighted by Gasteiger charge is 2.39. The predicted octanol–water partition coefficient (Wildman–Crippen LogP) is 0.550. The Kier molecular flexibility index (Phi) is 6.01. The lowest BCUT2D eigenvalue weighted by Gasteiger charge is -2.25. The smallest absolute Gasteiger partial charge is 0.183 e. The molecule has 4 atom stereocenters. The van der Waals surface area contributed by atoms with Gasteiger partial charge in [0.15, 0.2) is 6.49 Å². The van der Waals surface area contributed by atoms with Crippen LogP contribution in [-0.4, -0.2) is 60.0 Å². The summed E-state index contributed by atoms with van der Waals surface area (Å²) in [4.78, 5) is 19.1. The molecule has 1 aliphatic rings. The van der Waals surface area contributed by atoms with Gasteiger partial charge < -0.3 is 24.6 Å². The van der Waals surface area contributed by atoms with Crippen molar-refractivity contribution in [2.24, 2.45) is 0 Å². The number of nitrogen functional groups attached to an aromatic ring is 1. The zero-order valence-electron chi connectivity index (χ0n) is 12.8. The summed E-state index contributed by atoms with van der Waals surface area (Å²) in [6.45, 7) is -1.17. The molecule has 0 radical (unpaired) electrons. The second-order valence-electron chi connectivity index (χ2n) is 5.08. The molecule has 23 heavy (non-hydrogen) atoms. The Morgan fingerprint density at radius 1 is 1.65 bits per heavy atom. The molecule has 0 saturated carbocycles. The third-order valence-corrected chi connectivity index (χ3v) is 4.29. The third kappa shape index (κ3) is 4.90. The monoisotopic (exact) mass is 361 g/mol. The lowest BCUT2D eigenvalue weighted by molar-refractivity contribution is -0.0259. The maximum absolute atomic E-state index is 9.60. The molecule has 2 rings (SSSR count). The molecule has 0 aromatic carbocycles. The van der Waals surface area contributed by atoms with Crippen LogP contribution in [0.25, 0.3) is 0 Å². The van der Waals surface area contributed by atoms with E-state index in [1.54, 1.807) is 13.2 Å². The van der Waals surface area contributed by atoms with Crippen molar-refractivity contribution in [2.75, 3.05) is 31.0 Å². The molecule has 0 aliphatic carbocycles. The van der Waals surface area contributed by atoms with Gasteiger partial charge in [0.1, 0.15) is 30.3 Å². The van der Waals surface area contributed by atoms with Gasteiger partial charge in [0.05, 0.1) is 19.0 Å². The Balaban J connectivity index is 2.10. The first-order valence-electron chi connectivity index (χ1n) is 6.83. The molecular weight excluding hydrogens is 341 g/mol. The standard InChI is InChI=1S/C12H20N5O4PS/c1-19-8-3-12(21-9(8)5-20-22(2,18)23)17(6-13)11-4-10(14)15-7-16-11/h4,6-9,12-13H,3,5H2,1-2H3,(H,18,23)(H2,14,15,16)/t8-,9-,12-,22?/m1/s1. The van der Waals surface area contributed by atoms with E-state index in [2.05, 4.69) is 9.97 Å². The van der Waals surface area contributed by atoms with E-state index in [1.807, 2.05) is 0 Å². The Morgan fingerprint density at radius 3 is 2.96 bits per heavy atom. The summed E-state index contributed by atoms with van der Waals surface area (Å²) in [5, 5.41) is 7.62. The van der Waals surface area contributed by atoms with Crippen molar-refractivity contribution in [1.29, 1.82) is 5.41 Å². The summed E-state index contributed by atoms with van der Waals surface area (Å²) >= 11 is 4.86. The SMILES string of the molecule is CO[C@@H]1C[C@H](N(C=N)c2cc(N)ncn2)O[C@@H]1COP(C)(O)=S. The van der Waals surface area contributed by atoms with Gasteiger partial charge in [-0.05, 0) is 11.8 Å². The average molecular weight is 361 g/mol. The van der Waals surface area contributed by atoms with Crippen molar-refractivity contribution >= 4 is 36.3 Å². The average Bonchev–Trinajstić information content (AvgIpc) is 2.88. The van der Waals surface area contributed by atoms with E-state index in [0.717, 1.165) is 6.34 Å².